The number of hydrogen-bond donors (Lipinski definition) is 3. The zero-order valence-electron chi connectivity index (χ0n) is 21.3. The number of fused-ring (bicyclic) bond motifs is 1. The summed E-state index contributed by atoms with van der Waals surface area (Å²) in [6, 6.07) is 21.9. The quantitative estimate of drug-likeness (QED) is 0.398. The molecular weight excluding hydrogens is 470 g/mol. The minimum atomic E-state index is -3.77. The molecule has 3 aromatic rings. The Morgan fingerprint density at radius 1 is 0.972 bits per heavy atom. The molecule has 1 aliphatic rings. The predicted octanol–water partition coefficient (Wildman–Crippen LogP) is 5.08. The van der Waals surface area contributed by atoms with Crippen molar-refractivity contribution in [3.63, 3.8) is 0 Å². The van der Waals surface area contributed by atoms with Crippen LogP contribution in [0.4, 0.5) is 5.69 Å². The van der Waals surface area contributed by atoms with Crippen molar-refractivity contribution in [1.82, 2.24) is 10.0 Å². The van der Waals surface area contributed by atoms with Crippen molar-refractivity contribution < 1.29 is 13.2 Å². The van der Waals surface area contributed by atoms with E-state index in [1.807, 2.05) is 62.4 Å². The second-order valence-corrected chi connectivity index (χ2v) is 11.7. The van der Waals surface area contributed by atoms with Gasteiger partial charge in [-0.25, -0.2) is 13.1 Å². The maximum absolute atomic E-state index is 13.4. The lowest BCUT2D eigenvalue weighted by molar-refractivity contribution is 0.0954. The summed E-state index contributed by atoms with van der Waals surface area (Å²) < 4.78 is 29.6. The van der Waals surface area contributed by atoms with E-state index in [0.29, 0.717) is 12.1 Å². The largest absolute Gasteiger partial charge is 0.380 e. The van der Waals surface area contributed by atoms with E-state index in [9.17, 15) is 13.2 Å². The maximum atomic E-state index is 13.4. The molecule has 1 amide bonds. The number of carbonyl (C=O) groups excluding carboxylic acids is 1. The first kappa shape index (κ1) is 25.9. The molecule has 36 heavy (non-hydrogen) atoms. The molecule has 3 aromatic carbocycles. The standard InChI is InChI=1S/C29H35N3O3S/c1-5-21-11-14-24(15-12-21)36(34,35)32-27-20(2)29(3,4)31-26-16-13-23(19-25(26)27)28(33)30-18-17-22-9-7-6-8-10-22/h6-16,19-20,27,31-32H,5,17-18H2,1-4H3,(H,30,33)/t20-,27-/m0/s1. The maximum Gasteiger partial charge on any atom is 0.251 e. The molecule has 0 fully saturated rings. The predicted molar refractivity (Wildman–Crippen MR) is 145 cm³/mol. The van der Waals surface area contributed by atoms with E-state index in [1.165, 1.54) is 0 Å². The van der Waals surface area contributed by atoms with Crippen molar-refractivity contribution in [2.24, 2.45) is 5.92 Å². The van der Waals surface area contributed by atoms with Crippen LogP contribution in [0, 0.1) is 5.92 Å². The molecule has 0 saturated carbocycles. The molecule has 1 heterocycles. The number of amides is 1. The van der Waals surface area contributed by atoms with Crippen molar-refractivity contribution in [2.45, 2.75) is 57.0 Å². The Bertz CT molecular complexity index is 1320. The normalized spacial score (nSPS) is 18.7. The van der Waals surface area contributed by atoms with Crippen molar-refractivity contribution in [2.75, 3.05) is 11.9 Å². The molecule has 0 aromatic heterocycles. The van der Waals surface area contributed by atoms with Gasteiger partial charge in [0.25, 0.3) is 5.91 Å². The van der Waals surface area contributed by atoms with Crippen LogP contribution in [0.5, 0.6) is 0 Å². The molecular formula is C29H35N3O3S. The van der Waals surface area contributed by atoms with Gasteiger partial charge >= 0.3 is 0 Å². The number of carbonyl (C=O) groups is 1. The molecule has 0 aliphatic carbocycles. The van der Waals surface area contributed by atoms with E-state index in [4.69, 9.17) is 0 Å². The minimum Gasteiger partial charge on any atom is -0.380 e. The third-order valence-corrected chi connectivity index (χ3v) is 8.67. The summed E-state index contributed by atoms with van der Waals surface area (Å²) in [5, 5.41) is 6.50. The Hall–Kier alpha value is -3.16. The van der Waals surface area contributed by atoms with Crippen molar-refractivity contribution >= 4 is 21.6 Å². The van der Waals surface area contributed by atoms with Gasteiger partial charge in [0.2, 0.25) is 10.0 Å². The SMILES string of the molecule is CCc1ccc(S(=O)(=O)N[C@@H]2c3cc(C(=O)NCCc4ccccc4)ccc3NC(C)(C)[C@H]2C)cc1. The summed E-state index contributed by atoms with van der Waals surface area (Å²) in [6.07, 6.45) is 1.58. The van der Waals surface area contributed by atoms with E-state index < -0.39 is 16.1 Å². The smallest absolute Gasteiger partial charge is 0.251 e. The lowest BCUT2D eigenvalue weighted by Crippen LogP contribution is -2.49. The molecule has 0 bridgehead atoms. The molecule has 0 saturated heterocycles. The lowest BCUT2D eigenvalue weighted by atomic mass is 9.76. The van der Waals surface area contributed by atoms with Gasteiger partial charge in [0.1, 0.15) is 0 Å². The Labute approximate surface area is 214 Å². The van der Waals surface area contributed by atoms with Gasteiger partial charge in [-0.1, -0.05) is 56.3 Å². The number of hydrogen-bond acceptors (Lipinski definition) is 4. The van der Waals surface area contributed by atoms with Gasteiger partial charge in [-0.3, -0.25) is 4.79 Å². The second-order valence-electron chi connectivity index (χ2n) is 10.0. The molecule has 0 radical (unpaired) electrons. The van der Waals surface area contributed by atoms with Gasteiger partial charge in [-0.05, 0) is 79.6 Å². The number of aryl methyl sites for hydroxylation is 1. The zero-order valence-corrected chi connectivity index (χ0v) is 22.2. The highest BCUT2D eigenvalue weighted by molar-refractivity contribution is 7.89. The van der Waals surface area contributed by atoms with Crippen LogP contribution in [0.1, 0.15) is 60.8 Å². The average Bonchev–Trinajstić information content (AvgIpc) is 2.87. The molecule has 2 atom stereocenters. The monoisotopic (exact) mass is 505 g/mol. The highest BCUT2D eigenvalue weighted by Crippen LogP contribution is 2.42. The van der Waals surface area contributed by atoms with Crippen LogP contribution in [0.3, 0.4) is 0 Å². The summed E-state index contributed by atoms with van der Waals surface area (Å²) in [5.41, 5.74) is 3.99. The highest BCUT2D eigenvalue weighted by Gasteiger charge is 2.41. The van der Waals surface area contributed by atoms with Gasteiger partial charge < -0.3 is 10.6 Å². The van der Waals surface area contributed by atoms with Gasteiger partial charge in [0.05, 0.1) is 10.9 Å². The molecule has 6 nitrogen and oxygen atoms in total. The fraction of sp³-hybridized carbons (Fsp3) is 0.345. The summed E-state index contributed by atoms with van der Waals surface area (Å²) in [6.45, 7) is 8.69. The number of benzene rings is 3. The summed E-state index contributed by atoms with van der Waals surface area (Å²) in [4.78, 5) is 13.2. The van der Waals surface area contributed by atoms with Crippen molar-refractivity contribution in [1.29, 1.82) is 0 Å². The van der Waals surface area contributed by atoms with Crippen LogP contribution in [-0.2, 0) is 22.9 Å². The van der Waals surface area contributed by atoms with Crippen LogP contribution < -0.4 is 15.4 Å². The van der Waals surface area contributed by atoms with E-state index in [-0.39, 0.29) is 22.3 Å². The first-order valence-corrected chi connectivity index (χ1v) is 13.9. The molecule has 0 spiro atoms. The van der Waals surface area contributed by atoms with Crippen LogP contribution in [0.15, 0.2) is 77.7 Å². The molecule has 4 rings (SSSR count). The second kappa shape index (κ2) is 10.4. The van der Waals surface area contributed by atoms with E-state index >= 15 is 0 Å². The number of nitrogens with one attached hydrogen (secondary N) is 3. The molecule has 3 N–H and O–H groups in total. The summed E-state index contributed by atoms with van der Waals surface area (Å²) in [5.74, 6) is -0.255. The first-order valence-electron chi connectivity index (χ1n) is 12.5. The first-order chi connectivity index (χ1) is 17.1. The van der Waals surface area contributed by atoms with Crippen molar-refractivity contribution in [3.8, 4) is 0 Å². The van der Waals surface area contributed by atoms with Gasteiger partial charge in [-0.15, -0.1) is 0 Å². The topological polar surface area (TPSA) is 87.3 Å². The Balaban J connectivity index is 1.58. The van der Waals surface area contributed by atoms with Crippen LogP contribution >= 0.6 is 0 Å². The summed E-state index contributed by atoms with van der Waals surface area (Å²) in [7, 11) is -3.77. The summed E-state index contributed by atoms with van der Waals surface area (Å²) >= 11 is 0. The van der Waals surface area contributed by atoms with Crippen LogP contribution in [-0.4, -0.2) is 26.4 Å². The highest BCUT2D eigenvalue weighted by atomic mass is 32.2. The van der Waals surface area contributed by atoms with Crippen LogP contribution in [0.2, 0.25) is 0 Å². The average molecular weight is 506 g/mol. The molecule has 190 valence electrons. The number of rotatable bonds is 8. The fourth-order valence-corrected chi connectivity index (χ4v) is 5.89. The van der Waals surface area contributed by atoms with E-state index in [1.54, 1.807) is 24.3 Å². The Morgan fingerprint density at radius 2 is 1.67 bits per heavy atom. The minimum absolute atomic E-state index is 0.0777. The van der Waals surface area contributed by atoms with Crippen molar-refractivity contribution in [3.05, 3.63) is 95.1 Å². The fourth-order valence-electron chi connectivity index (χ4n) is 4.59. The van der Waals surface area contributed by atoms with E-state index in [2.05, 4.69) is 29.2 Å². The van der Waals surface area contributed by atoms with Gasteiger partial charge in [0.15, 0.2) is 0 Å². The Kier molecular flexibility index (Phi) is 7.52. The van der Waals surface area contributed by atoms with Gasteiger partial charge in [-0.2, -0.15) is 0 Å². The third-order valence-electron chi connectivity index (χ3n) is 7.21. The molecule has 7 heteroatoms. The van der Waals surface area contributed by atoms with E-state index in [0.717, 1.165) is 35.2 Å². The molecule has 0 unspecified atom stereocenters. The van der Waals surface area contributed by atoms with Gasteiger partial charge in [0, 0.05) is 23.3 Å². The number of anilines is 1. The zero-order chi connectivity index (χ0) is 25.9. The van der Waals surface area contributed by atoms with Crippen LogP contribution in [0.25, 0.3) is 0 Å². The molecule has 1 aliphatic heterocycles. The third kappa shape index (κ3) is 5.63. The lowest BCUT2D eigenvalue weighted by Gasteiger charge is -2.44. The Morgan fingerprint density at radius 3 is 2.33 bits per heavy atom. The number of sulfonamides is 1.